The number of rotatable bonds is 84. The summed E-state index contributed by atoms with van der Waals surface area (Å²) >= 11 is 0. The lowest BCUT2D eigenvalue weighted by Gasteiger charge is -2.44. The van der Waals surface area contributed by atoms with Crippen molar-refractivity contribution in [2.45, 2.75) is 570 Å². The van der Waals surface area contributed by atoms with Gasteiger partial charge in [-0.25, -0.2) is 0 Å². The molecule has 5 unspecified atom stereocenters. The molecule has 0 aromatic heterocycles. The molecule has 0 radical (unpaired) electrons. The highest BCUT2D eigenvalue weighted by molar-refractivity contribution is 5.80. The summed E-state index contributed by atoms with van der Waals surface area (Å²) < 4.78 is 22.5. The van der Waals surface area contributed by atoms with Crippen LogP contribution in [0.3, 0.4) is 0 Å². The number of ether oxygens (including phenoxy) is 4. The highest BCUT2D eigenvalue weighted by Gasteiger charge is 2.50. The number of carbonyl (C=O) groups excluding carboxylic acids is 2. The number of hydrogen-bond acceptors (Lipinski definition) is 14. The van der Waals surface area contributed by atoms with Crippen LogP contribution in [0, 0.1) is 29.6 Å². The van der Waals surface area contributed by atoms with Crippen molar-refractivity contribution in [1.82, 2.24) is 0 Å². The fourth-order valence-corrected chi connectivity index (χ4v) is 18.3. The van der Waals surface area contributed by atoms with Crippen molar-refractivity contribution in [3.63, 3.8) is 0 Å². The van der Waals surface area contributed by atoms with Gasteiger partial charge < -0.3 is 59.8 Å². The molecular formula is C98H188O14. The number of aliphatic hydroxyl groups excluding tert-OH is 8. The van der Waals surface area contributed by atoms with E-state index in [1.807, 2.05) is 0 Å². The molecule has 16 atom stereocenters. The minimum absolute atomic E-state index is 0.265. The highest BCUT2D eigenvalue weighted by Crippen LogP contribution is 2.49. The van der Waals surface area contributed by atoms with Gasteiger partial charge >= 0.3 is 5.97 Å². The molecule has 2 aliphatic heterocycles. The molecule has 0 bridgehead atoms. The number of carbonyl (C=O) groups is 2. The minimum Gasteiger partial charge on any atom is -0.463 e. The standard InChI is InChI=1S/C98H188O14/c1-5-7-9-11-13-15-17-19-21-22-23-24-25-26-27-28-29-31-39-45-51-57-63-69-75-84(96(108)109-80-89-91(103)93(105)95(107)98(111-89)112-97-94(106)92(104)90(102)88(79-99)110-97)87(101)77-71-65-59-53-47-41-35-33-38-44-50-56-62-68-74-83-78-85(83)81(3)72-66-60-54-48-42-36-32-34-40-46-52-58-64-70-76-86(100)82(4)73-67-61-55-49-43-37-30-20-18-16-14-12-10-8-6-2/h81-85,87-95,97-99,101-107H,5-80H2,1-4H3/t81?,82?,83?,84?,85?,87-,88-,89-,90-,91-,92+,93+,94-,95-,97-,98-/m1/s1. The molecule has 664 valence electrons. The van der Waals surface area contributed by atoms with E-state index in [1.165, 1.54) is 398 Å². The molecule has 3 rings (SSSR count). The largest absolute Gasteiger partial charge is 0.463 e. The van der Waals surface area contributed by atoms with E-state index in [4.69, 9.17) is 18.9 Å². The summed E-state index contributed by atoms with van der Waals surface area (Å²) in [5, 5.41) is 84.7. The van der Waals surface area contributed by atoms with Crippen LogP contribution in [0.15, 0.2) is 0 Å². The molecule has 14 heteroatoms. The van der Waals surface area contributed by atoms with Gasteiger partial charge in [0.05, 0.1) is 18.6 Å². The van der Waals surface area contributed by atoms with Gasteiger partial charge in [-0.3, -0.25) is 9.59 Å². The van der Waals surface area contributed by atoms with E-state index in [0.717, 1.165) is 82.0 Å². The molecule has 3 aliphatic rings. The third-order valence-corrected chi connectivity index (χ3v) is 26.5. The molecule has 3 fully saturated rings. The monoisotopic (exact) mass is 1590 g/mol. The molecule has 14 nitrogen and oxygen atoms in total. The van der Waals surface area contributed by atoms with Crippen LogP contribution in [0.5, 0.6) is 0 Å². The van der Waals surface area contributed by atoms with E-state index in [-0.39, 0.29) is 5.92 Å². The molecule has 0 amide bonds. The lowest BCUT2D eigenvalue weighted by molar-refractivity contribution is -0.376. The highest BCUT2D eigenvalue weighted by atomic mass is 16.8. The quantitative estimate of drug-likeness (QED) is 0.0209. The SMILES string of the molecule is CCCCCCCCCCCCCCCCCCCCCCCCCCC(C(=O)OC[C@H]1O[C@H](O[C@H]2O[C@H](CO)[C@@H](O)[C@H](O)[C@H]2O)[C@H](O)[C@@H](O)[C@@H]1O)[C@H](O)CCCCCCCCCCCCCCCCC1CC1C(C)CCCCCCCCCCCCCCCCC(=O)C(C)CCCCCCCCCCCCCCCCC. The summed E-state index contributed by atoms with van der Waals surface area (Å²) in [6, 6.07) is 0. The van der Waals surface area contributed by atoms with Crippen LogP contribution in [-0.2, 0) is 28.5 Å². The molecule has 112 heavy (non-hydrogen) atoms. The molecule has 1 aliphatic carbocycles. The van der Waals surface area contributed by atoms with Crippen molar-refractivity contribution in [3.05, 3.63) is 0 Å². The Bertz CT molecular complexity index is 2050. The van der Waals surface area contributed by atoms with Crippen molar-refractivity contribution in [1.29, 1.82) is 0 Å². The van der Waals surface area contributed by atoms with Crippen molar-refractivity contribution in [2.24, 2.45) is 29.6 Å². The average Bonchev–Trinajstić information content (AvgIpc) is 1.11. The second-order valence-corrected chi connectivity index (χ2v) is 36.8. The van der Waals surface area contributed by atoms with Crippen LogP contribution in [0.4, 0.5) is 0 Å². The minimum atomic E-state index is -1.83. The Morgan fingerprint density at radius 3 is 0.973 bits per heavy atom. The van der Waals surface area contributed by atoms with Crippen LogP contribution in [0.25, 0.3) is 0 Å². The Morgan fingerprint density at radius 2 is 0.625 bits per heavy atom. The van der Waals surface area contributed by atoms with Crippen LogP contribution in [-0.4, -0.2) is 133 Å². The number of esters is 1. The zero-order chi connectivity index (χ0) is 81.0. The molecular weight excluding hydrogens is 1400 g/mol. The molecule has 2 saturated heterocycles. The van der Waals surface area contributed by atoms with Gasteiger partial charge in [-0.1, -0.05) is 464 Å². The van der Waals surface area contributed by atoms with E-state index < -0.39 is 92.6 Å². The Labute approximate surface area is 690 Å². The lowest BCUT2D eigenvalue weighted by atomic mass is 9.91. The summed E-state index contributed by atoms with van der Waals surface area (Å²) in [5.41, 5.74) is 0. The van der Waals surface area contributed by atoms with E-state index >= 15 is 0 Å². The summed E-state index contributed by atoms with van der Waals surface area (Å²) in [5.74, 6) is 2.29. The first-order valence-corrected chi connectivity index (χ1v) is 49.8. The average molecular weight is 1590 g/mol. The Kier molecular flexibility index (Phi) is 68.9. The van der Waals surface area contributed by atoms with Gasteiger partial charge in [-0.2, -0.15) is 0 Å². The second kappa shape index (κ2) is 73.6. The number of Topliss-reactive ketones (excluding diaryl/α,β-unsaturated/α-hetero) is 1. The number of aliphatic hydroxyl groups is 8. The van der Waals surface area contributed by atoms with Crippen molar-refractivity contribution in [3.8, 4) is 0 Å². The molecule has 8 N–H and O–H groups in total. The fraction of sp³-hybridized carbons (Fsp3) is 0.980. The van der Waals surface area contributed by atoms with Crippen LogP contribution in [0.2, 0.25) is 0 Å². The zero-order valence-electron chi connectivity index (χ0n) is 74.0. The predicted molar refractivity (Wildman–Crippen MR) is 465 cm³/mol. The second-order valence-electron chi connectivity index (χ2n) is 36.8. The zero-order valence-corrected chi connectivity index (χ0v) is 74.0. The van der Waals surface area contributed by atoms with E-state index in [0.29, 0.717) is 18.6 Å². The Morgan fingerprint density at radius 1 is 0.339 bits per heavy atom. The van der Waals surface area contributed by atoms with Crippen molar-refractivity contribution >= 4 is 11.8 Å². The Hall–Kier alpha value is -1.30. The van der Waals surface area contributed by atoms with E-state index in [1.54, 1.807) is 0 Å². The first-order valence-electron chi connectivity index (χ1n) is 49.8. The summed E-state index contributed by atoms with van der Waals surface area (Å²) in [6.45, 7) is 8.08. The van der Waals surface area contributed by atoms with Crippen LogP contribution in [0.1, 0.15) is 503 Å². The third-order valence-electron chi connectivity index (χ3n) is 26.5. The predicted octanol–water partition coefficient (Wildman–Crippen LogP) is 25.1. The van der Waals surface area contributed by atoms with Gasteiger partial charge in [-0.05, 0) is 49.9 Å². The first-order chi connectivity index (χ1) is 54.7. The molecule has 0 aromatic carbocycles. The lowest BCUT2D eigenvalue weighted by Crippen LogP contribution is -2.63. The van der Waals surface area contributed by atoms with Crippen molar-refractivity contribution < 1.29 is 69.4 Å². The number of unbranched alkanes of at least 4 members (excludes halogenated alkanes) is 63. The maximum absolute atomic E-state index is 13.9. The van der Waals surface area contributed by atoms with Gasteiger partial charge in [0.2, 0.25) is 0 Å². The van der Waals surface area contributed by atoms with Crippen LogP contribution >= 0.6 is 0 Å². The maximum Gasteiger partial charge on any atom is 0.311 e. The number of ketones is 1. The smallest absolute Gasteiger partial charge is 0.311 e. The summed E-state index contributed by atoms with van der Waals surface area (Å²) in [4.78, 5) is 26.6. The van der Waals surface area contributed by atoms with E-state index in [2.05, 4.69) is 27.7 Å². The maximum atomic E-state index is 13.9. The summed E-state index contributed by atoms with van der Waals surface area (Å²) in [6.07, 6.45) is 78.5. The number of hydrogen-bond donors (Lipinski definition) is 8. The normalized spacial score (nSPS) is 23.0. The van der Waals surface area contributed by atoms with Gasteiger partial charge in [0.1, 0.15) is 61.2 Å². The third kappa shape index (κ3) is 54.1. The topological polar surface area (TPSA) is 233 Å². The molecule has 0 spiro atoms. The van der Waals surface area contributed by atoms with Gasteiger partial charge in [0.25, 0.3) is 0 Å². The molecule has 0 aromatic rings. The van der Waals surface area contributed by atoms with Crippen molar-refractivity contribution in [2.75, 3.05) is 13.2 Å². The summed E-state index contributed by atoms with van der Waals surface area (Å²) in [7, 11) is 0. The van der Waals surface area contributed by atoms with E-state index in [9.17, 15) is 50.4 Å². The Balaban J connectivity index is 1.14. The van der Waals surface area contributed by atoms with Gasteiger partial charge in [-0.15, -0.1) is 0 Å². The fourth-order valence-electron chi connectivity index (χ4n) is 18.3. The molecule has 2 heterocycles. The van der Waals surface area contributed by atoms with Gasteiger partial charge in [0.15, 0.2) is 12.6 Å². The van der Waals surface area contributed by atoms with Gasteiger partial charge in [0, 0.05) is 12.3 Å². The first kappa shape index (κ1) is 105. The van der Waals surface area contributed by atoms with Crippen LogP contribution < -0.4 is 0 Å². The molecule has 1 saturated carbocycles.